The fourth-order valence-corrected chi connectivity index (χ4v) is 8.40. The molecule has 2 atom stereocenters. The second-order valence-electron chi connectivity index (χ2n) is 18.6. The summed E-state index contributed by atoms with van der Waals surface area (Å²) in [5.41, 5.74) is 0. The van der Waals surface area contributed by atoms with Gasteiger partial charge >= 0.3 is 5.97 Å². The van der Waals surface area contributed by atoms with Crippen LogP contribution in [0.4, 0.5) is 0 Å². The lowest BCUT2D eigenvalue weighted by Crippen LogP contribution is -2.45. The number of carbonyl (C=O) groups excluding carboxylic acids is 2. The minimum absolute atomic E-state index is 0.0189. The maximum absolute atomic E-state index is 12.4. The zero-order valence-corrected chi connectivity index (χ0v) is 40.5. The number of hydrogen-bond donors (Lipinski definition) is 3. The van der Waals surface area contributed by atoms with Gasteiger partial charge in [0.2, 0.25) is 5.91 Å². The fourth-order valence-electron chi connectivity index (χ4n) is 8.40. The molecule has 3 N–H and O–H groups in total. The van der Waals surface area contributed by atoms with Crippen molar-refractivity contribution in [3.63, 3.8) is 0 Å². The Morgan fingerprint density at radius 3 is 1.18 bits per heavy atom. The van der Waals surface area contributed by atoms with Gasteiger partial charge in [-0.1, -0.05) is 238 Å². The number of amides is 1. The summed E-state index contributed by atoms with van der Waals surface area (Å²) in [5, 5.41) is 23.2. The van der Waals surface area contributed by atoms with Crippen LogP contribution in [0.2, 0.25) is 0 Å². The van der Waals surface area contributed by atoms with E-state index in [-0.39, 0.29) is 18.5 Å². The summed E-state index contributed by atoms with van der Waals surface area (Å²) in [5.74, 6) is -0.0779. The van der Waals surface area contributed by atoms with Crippen molar-refractivity contribution in [1.29, 1.82) is 0 Å². The third-order valence-electron chi connectivity index (χ3n) is 12.6. The molecule has 6 nitrogen and oxygen atoms in total. The van der Waals surface area contributed by atoms with E-state index in [1.54, 1.807) is 0 Å². The maximum atomic E-state index is 12.4. The number of unbranched alkanes of at least 4 members (excludes halogenated alkanes) is 37. The molecule has 0 saturated heterocycles. The molecule has 0 fully saturated rings. The number of ether oxygens (including phenoxy) is 1. The molecule has 0 aliphatic carbocycles. The van der Waals surface area contributed by atoms with Gasteiger partial charge in [0.05, 0.1) is 25.4 Å². The van der Waals surface area contributed by atoms with Gasteiger partial charge in [0.15, 0.2) is 0 Å². The Bertz CT molecular complexity index is 893. The molecule has 0 spiro atoms. The topological polar surface area (TPSA) is 95.9 Å². The van der Waals surface area contributed by atoms with E-state index >= 15 is 0 Å². The number of nitrogens with one attached hydrogen (secondary N) is 1. The van der Waals surface area contributed by atoms with Crippen molar-refractivity contribution in [1.82, 2.24) is 5.32 Å². The molecule has 0 aromatic rings. The Balaban J connectivity index is 3.48. The van der Waals surface area contributed by atoms with Crippen molar-refractivity contribution < 1.29 is 24.5 Å². The molecule has 0 heterocycles. The average molecular weight is 848 g/mol. The van der Waals surface area contributed by atoms with E-state index in [0.717, 1.165) is 77.0 Å². The van der Waals surface area contributed by atoms with Crippen molar-refractivity contribution in [3.8, 4) is 0 Å². The Kier molecular flexibility index (Phi) is 49.1. The molecule has 0 aliphatic rings. The summed E-state index contributed by atoms with van der Waals surface area (Å²) in [6.07, 6.45) is 57.6. The van der Waals surface area contributed by atoms with Gasteiger partial charge in [0.1, 0.15) is 0 Å². The van der Waals surface area contributed by atoms with Crippen molar-refractivity contribution >= 4 is 11.9 Å². The van der Waals surface area contributed by atoms with Crippen molar-refractivity contribution in [2.45, 2.75) is 309 Å². The summed E-state index contributed by atoms with van der Waals surface area (Å²) >= 11 is 0. The molecule has 0 bridgehead atoms. The predicted octanol–water partition coefficient (Wildman–Crippen LogP) is 16.1. The molecule has 0 aromatic carbocycles. The summed E-state index contributed by atoms with van der Waals surface area (Å²) in [4.78, 5) is 24.5. The SMILES string of the molecule is CCCCCCCCCCCCCCCCCCC(=O)OCCCCC/C=C\CCCCCCCC(=O)NC(CO)C(O)CCCCCCCCCCCCCCCCC. The summed E-state index contributed by atoms with van der Waals surface area (Å²) < 4.78 is 5.45. The number of carbonyl (C=O) groups is 2. The van der Waals surface area contributed by atoms with Crippen LogP contribution in [0.5, 0.6) is 0 Å². The molecule has 2 unspecified atom stereocenters. The lowest BCUT2D eigenvalue weighted by Gasteiger charge is -2.22. The first kappa shape index (κ1) is 58.6. The Morgan fingerprint density at radius 1 is 0.450 bits per heavy atom. The van der Waals surface area contributed by atoms with Gasteiger partial charge in [-0.15, -0.1) is 0 Å². The van der Waals surface area contributed by atoms with Crippen molar-refractivity contribution in [3.05, 3.63) is 12.2 Å². The highest BCUT2D eigenvalue weighted by Gasteiger charge is 2.20. The van der Waals surface area contributed by atoms with Crippen LogP contribution in [0.1, 0.15) is 296 Å². The number of rotatable bonds is 50. The van der Waals surface area contributed by atoms with Gasteiger partial charge < -0.3 is 20.3 Å². The number of aliphatic hydroxyl groups is 2. The van der Waals surface area contributed by atoms with Crippen LogP contribution in [0.3, 0.4) is 0 Å². The maximum Gasteiger partial charge on any atom is 0.305 e. The molecule has 1 amide bonds. The first-order valence-corrected chi connectivity index (χ1v) is 26.9. The van der Waals surface area contributed by atoms with Crippen LogP contribution < -0.4 is 5.32 Å². The predicted molar refractivity (Wildman–Crippen MR) is 260 cm³/mol. The summed E-state index contributed by atoms with van der Waals surface area (Å²) in [6, 6.07) is -0.559. The largest absolute Gasteiger partial charge is 0.466 e. The fraction of sp³-hybridized carbons (Fsp3) is 0.926. The molecule has 6 heteroatoms. The number of aliphatic hydroxyl groups excluding tert-OH is 2. The van der Waals surface area contributed by atoms with Crippen molar-refractivity contribution in [2.75, 3.05) is 13.2 Å². The minimum Gasteiger partial charge on any atom is -0.466 e. The highest BCUT2D eigenvalue weighted by molar-refractivity contribution is 5.76. The molecule has 60 heavy (non-hydrogen) atoms. The van der Waals surface area contributed by atoms with Gasteiger partial charge in [0, 0.05) is 12.8 Å². The molecule has 0 rings (SSSR count). The van der Waals surface area contributed by atoms with Crippen LogP contribution in [-0.4, -0.2) is 47.4 Å². The Morgan fingerprint density at radius 2 is 0.783 bits per heavy atom. The highest BCUT2D eigenvalue weighted by Crippen LogP contribution is 2.17. The van der Waals surface area contributed by atoms with E-state index < -0.39 is 12.1 Å². The number of esters is 1. The summed E-state index contributed by atoms with van der Waals surface area (Å²) in [7, 11) is 0. The van der Waals surface area contributed by atoms with E-state index in [1.165, 1.54) is 186 Å². The van der Waals surface area contributed by atoms with E-state index in [0.29, 0.717) is 25.9 Å². The first-order valence-electron chi connectivity index (χ1n) is 26.9. The van der Waals surface area contributed by atoms with Gasteiger partial charge in [-0.3, -0.25) is 9.59 Å². The lowest BCUT2D eigenvalue weighted by molar-refractivity contribution is -0.143. The molecule has 0 saturated carbocycles. The zero-order valence-electron chi connectivity index (χ0n) is 40.5. The van der Waals surface area contributed by atoms with E-state index in [9.17, 15) is 19.8 Å². The molecule has 0 aromatic heterocycles. The molecule has 0 aliphatic heterocycles. The number of hydrogen-bond acceptors (Lipinski definition) is 5. The second-order valence-corrected chi connectivity index (χ2v) is 18.6. The monoisotopic (exact) mass is 848 g/mol. The van der Waals surface area contributed by atoms with E-state index in [4.69, 9.17) is 4.74 Å². The van der Waals surface area contributed by atoms with E-state index in [2.05, 4.69) is 31.3 Å². The normalized spacial score (nSPS) is 12.7. The van der Waals surface area contributed by atoms with E-state index in [1.807, 2.05) is 0 Å². The third-order valence-corrected chi connectivity index (χ3v) is 12.6. The summed E-state index contributed by atoms with van der Waals surface area (Å²) in [6.45, 7) is 4.91. The quantitative estimate of drug-likeness (QED) is 0.0322. The Labute approximate surface area is 374 Å². The van der Waals surface area contributed by atoms with Gasteiger partial charge in [-0.25, -0.2) is 0 Å². The second kappa shape index (κ2) is 50.2. The van der Waals surface area contributed by atoms with Crippen LogP contribution in [0, 0.1) is 0 Å². The molecular formula is C54H105NO5. The van der Waals surface area contributed by atoms with Gasteiger partial charge in [0.25, 0.3) is 0 Å². The zero-order chi connectivity index (χ0) is 43.7. The Hall–Kier alpha value is -1.40. The first-order chi connectivity index (χ1) is 29.5. The van der Waals surface area contributed by atoms with Crippen LogP contribution in [-0.2, 0) is 14.3 Å². The van der Waals surface area contributed by atoms with Crippen LogP contribution >= 0.6 is 0 Å². The highest BCUT2D eigenvalue weighted by atomic mass is 16.5. The van der Waals surface area contributed by atoms with Crippen LogP contribution in [0.25, 0.3) is 0 Å². The average Bonchev–Trinajstić information content (AvgIpc) is 3.25. The molecule has 356 valence electrons. The molecular weight excluding hydrogens is 743 g/mol. The molecule has 0 radical (unpaired) electrons. The van der Waals surface area contributed by atoms with Gasteiger partial charge in [-0.05, 0) is 57.8 Å². The number of allylic oxidation sites excluding steroid dienone is 2. The third kappa shape index (κ3) is 46.1. The lowest BCUT2D eigenvalue weighted by atomic mass is 10.0. The van der Waals surface area contributed by atoms with Crippen molar-refractivity contribution in [2.24, 2.45) is 0 Å². The minimum atomic E-state index is -0.679. The standard InChI is InChI=1S/C54H105NO5/c1-3-5-7-9-11-13-15-17-19-21-23-28-32-36-40-44-48-54(59)60-49-45-41-37-33-29-25-24-27-31-35-39-43-47-53(58)55-51(50-56)52(57)46-42-38-34-30-26-22-20-18-16-14-12-10-8-6-4-2/h25,29,51-52,56-57H,3-24,26-28,30-50H2,1-2H3,(H,55,58)/b29-25-. The van der Waals surface area contributed by atoms with Gasteiger partial charge in [-0.2, -0.15) is 0 Å². The smallest absolute Gasteiger partial charge is 0.305 e. The van der Waals surface area contributed by atoms with Crippen LogP contribution in [0.15, 0.2) is 12.2 Å².